The Bertz CT molecular complexity index is 1080. The van der Waals surface area contributed by atoms with Gasteiger partial charge in [-0.2, -0.15) is 5.26 Å². The molecule has 0 saturated carbocycles. The second-order valence-corrected chi connectivity index (χ2v) is 7.12. The van der Waals surface area contributed by atoms with Crippen molar-refractivity contribution in [3.63, 3.8) is 0 Å². The van der Waals surface area contributed by atoms with Gasteiger partial charge in [0.05, 0.1) is 25.3 Å². The second-order valence-electron chi connectivity index (χ2n) is 7.12. The third kappa shape index (κ3) is 3.90. The molecule has 0 fully saturated rings. The van der Waals surface area contributed by atoms with Crippen LogP contribution >= 0.6 is 0 Å². The number of amides is 1. The summed E-state index contributed by atoms with van der Waals surface area (Å²) in [6.45, 7) is 1.81. The third-order valence-electron chi connectivity index (χ3n) is 5.32. The van der Waals surface area contributed by atoms with Gasteiger partial charge in [-0.1, -0.05) is 18.2 Å². The van der Waals surface area contributed by atoms with Crippen molar-refractivity contribution in [3.05, 3.63) is 59.3 Å². The van der Waals surface area contributed by atoms with Crippen molar-refractivity contribution < 1.29 is 14.3 Å². The van der Waals surface area contributed by atoms with E-state index < -0.39 is 0 Å². The molecule has 0 aliphatic carbocycles. The fourth-order valence-electron chi connectivity index (χ4n) is 3.80. The quantitative estimate of drug-likeness (QED) is 0.651. The molecule has 3 aromatic rings. The number of carbonyl (C=O) groups excluding carboxylic acids is 1. The van der Waals surface area contributed by atoms with E-state index in [9.17, 15) is 4.79 Å². The van der Waals surface area contributed by atoms with E-state index in [1.807, 2.05) is 17.0 Å². The molecule has 0 saturated heterocycles. The molecule has 0 unspecified atom stereocenters. The number of aromatic nitrogens is 1. The van der Waals surface area contributed by atoms with Crippen molar-refractivity contribution in [3.8, 4) is 17.6 Å². The van der Waals surface area contributed by atoms with E-state index in [1.165, 1.54) is 16.6 Å². The van der Waals surface area contributed by atoms with Crippen molar-refractivity contribution in [1.82, 2.24) is 9.88 Å². The van der Waals surface area contributed by atoms with Crippen molar-refractivity contribution in [2.24, 2.45) is 0 Å². The summed E-state index contributed by atoms with van der Waals surface area (Å²) in [6, 6.07) is 15.4. The number of hydrogen-bond donors (Lipinski definition) is 1. The lowest BCUT2D eigenvalue weighted by Crippen LogP contribution is -2.35. The number of benzene rings is 2. The average Bonchev–Trinajstić information content (AvgIpc) is 3.14. The minimum Gasteiger partial charge on any atom is -0.493 e. The van der Waals surface area contributed by atoms with Gasteiger partial charge in [-0.25, -0.2) is 0 Å². The number of nitrogens with one attached hydrogen (secondary N) is 1. The number of aromatic amines is 1. The maximum Gasteiger partial charge on any atom is 0.223 e. The average molecular weight is 389 g/mol. The summed E-state index contributed by atoms with van der Waals surface area (Å²) < 4.78 is 11.0. The highest BCUT2D eigenvalue weighted by molar-refractivity contribution is 5.86. The molecule has 6 nitrogen and oxygen atoms in total. The van der Waals surface area contributed by atoms with Gasteiger partial charge in [0, 0.05) is 54.2 Å². The van der Waals surface area contributed by atoms with Gasteiger partial charge in [-0.15, -0.1) is 0 Å². The van der Waals surface area contributed by atoms with Crippen molar-refractivity contribution in [2.45, 2.75) is 25.8 Å². The first kappa shape index (κ1) is 18.9. The van der Waals surface area contributed by atoms with Crippen LogP contribution in [0, 0.1) is 11.3 Å². The van der Waals surface area contributed by atoms with Crippen LogP contribution in [0.4, 0.5) is 0 Å². The molecule has 0 spiro atoms. The zero-order chi connectivity index (χ0) is 20.2. The molecule has 1 aliphatic heterocycles. The molecule has 29 heavy (non-hydrogen) atoms. The van der Waals surface area contributed by atoms with Crippen LogP contribution in [0.15, 0.2) is 42.5 Å². The lowest BCUT2D eigenvalue weighted by Gasteiger charge is -2.27. The van der Waals surface area contributed by atoms with Crippen LogP contribution in [0.5, 0.6) is 11.5 Å². The Kier molecular flexibility index (Phi) is 5.39. The summed E-state index contributed by atoms with van der Waals surface area (Å²) in [7, 11) is 1.54. The number of methoxy groups -OCH3 is 1. The first-order valence-electron chi connectivity index (χ1n) is 9.77. The minimum absolute atomic E-state index is 0.149. The Hall–Kier alpha value is -3.46. The van der Waals surface area contributed by atoms with Crippen LogP contribution in [-0.4, -0.2) is 36.1 Å². The fraction of sp³-hybridized carbons (Fsp3) is 0.304. The van der Waals surface area contributed by atoms with Crippen LogP contribution < -0.4 is 9.47 Å². The molecule has 1 amide bonds. The summed E-state index contributed by atoms with van der Waals surface area (Å²) in [5.74, 6) is 1.26. The van der Waals surface area contributed by atoms with Gasteiger partial charge >= 0.3 is 0 Å². The SMILES string of the molecule is COc1cc(C#N)ccc1OCCCC(=O)N1CCc2[nH]c3ccccc3c2C1. The largest absolute Gasteiger partial charge is 0.493 e. The zero-order valence-electron chi connectivity index (χ0n) is 16.4. The van der Waals surface area contributed by atoms with Crippen molar-refractivity contribution in [2.75, 3.05) is 20.3 Å². The van der Waals surface area contributed by atoms with Gasteiger partial charge in [0.25, 0.3) is 0 Å². The molecule has 0 atom stereocenters. The van der Waals surface area contributed by atoms with Crippen molar-refractivity contribution >= 4 is 16.8 Å². The van der Waals surface area contributed by atoms with E-state index in [2.05, 4.69) is 23.2 Å². The number of para-hydroxylation sites is 1. The Labute approximate surface area is 169 Å². The van der Waals surface area contributed by atoms with Crippen LogP contribution in [0.2, 0.25) is 0 Å². The monoisotopic (exact) mass is 389 g/mol. The molecule has 1 aromatic heterocycles. The summed E-state index contributed by atoms with van der Waals surface area (Å²) in [4.78, 5) is 18.1. The van der Waals surface area contributed by atoms with Crippen LogP contribution in [0.3, 0.4) is 0 Å². The first-order valence-corrected chi connectivity index (χ1v) is 9.77. The standard InChI is InChI=1S/C23H23N3O3/c1-28-22-13-16(14-24)8-9-21(22)29-12-4-7-23(27)26-11-10-20-18(15-26)17-5-2-3-6-19(17)25-20/h2-3,5-6,8-9,13,25H,4,7,10-12,15H2,1H3. The maximum atomic E-state index is 12.7. The van der Waals surface area contributed by atoms with E-state index >= 15 is 0 Å². The summed E-state index contributed by atoms with van der Waals surface area (Å²) >= 11 is 0. The fourth-order valence-corrected chi connectivity index (χ4v) is 3.80. The molecule has 1 N–H and O–H groups in total. The Balaban J connectivity index is 1.31. The minimum atomic E-state index is 0.149. The predicted molar refractivity (Wildman–Crippen MR) is 110 cm³/mol. The number of H-pyrrole nitrogens is 1. The summed E-state index contributed by atoms with van der Waals surface area (Å²) in [6.07, 6.45) is 1.92. The Morgan fingerprint density at radius 2 is 2.10 bits per heavy atom. The number of nitriles is 1. The van der Waals surface area contributed by atoms with E-state index in [0.29, 0.717) is 43.1 Å². The molecule has 0 bridgehead atoms. The smallest absolute Gasteiger partial charge is 0.223 e. The first-order chi connectivity index (χ1) is 14.2. The highest BCUT2D eigenvalue weighted by atomic mass is 16.5. The molecular formula is C23H23N3O3. The lowest BCUT2D eigenvalue weighted by atomic mass is 10.0. The normalized spacial score (nSPS) is 13.0. The Morgan fingerprint density at radius 1 is 1.24 bits per heavy atom. The molecule has 0 radical (unpaired) electrons. The van der Waals surface area contributed by atoms with Crippen LogP contribution in [0.1, 0.15) is 29.7 Å². The van der Waals surface area contributed by atoms with E-state index in [1.54, 1.807) is 25.3 Å². The molecule has 2 aromatic carbocycles. The number of rotatable bonds is 6. The van der Waals surface area contributed by atoms with E-state index in [4.69, 9.17) is 14.7 Å². The van der Waals surface area contributed by atoms with Crippen LogP contribution in [0.25, 0.3) is 10.9 Å². The van der Waals surface area contributed by atoms with Crippen LogP contribution in [-0.2, 0) is 17.8 Å². The predicted octanol–water partition coefficient (Wildman–Crippen LogP) is 3.79. The summed E-state index contributed by atoms with van der Waals surface area (Å²) in [5, 5.41) is 10.2. The van der Waals surface area contributed by atoms with Gasteiger partial charge in [-0.3, -0.25) is 4.79 Å². The van der Waals surface area contributed by atoms with Gasteiger partial charge in [0.15, 0.2) is 11.5 Å². The number of carbonyl (C=O) groups is 1. The molecular weight excluding hydrogens is 366 g/mol. The number of ether oxygens (including phenoxy) is 2. The third-order valence-corrected chi connectivity index (χ3v) is 5.32. The summed E-state index contributed by atoms with van der Waals surface area (Å²) in [5.41, 5.74) is 4.13. The second kappa shape index (κ2) is 8.27. The van der Waals surface area contributed by atoms with E-state index in [-0.39, 0.29) is 5.91 Å². The Morgan fingerprint density at radius 3 is 2.93 bits per heavy atom. The highest BCUT2D eigenvalue weighted by Crippen LogP contribution is 2.29. The zero-order valence-corrected chi connectivity index (χ0v) is 16.4. The molecule has 6 heteroatoms. The number of hydrogen-bond acceptors (Lipinski definition) is 4. The van der Waals surface area contributed by atoms with Gasteiger partial charge < -0.3 is 19.4 Å². The molecule has 4 rings (SSSR count). The number of nitrogens with zero attached hydrogens (tertiary/aromatic N) is 2. The van der Waals surface area contributed by atoms with Crippen molar-refractivity contribution in [1.29, 1.82) is 5.26 Å². The van der Waals surface area contributed by atoms with Gasteiger partial charge in [-0.05, 0) is 24.6 Å². The number of fused-ring (bicyclic) bond motifs is 3. The highest BCUT2D eigenvalue weighted by Gasteiger charge is 2.23. The van der Waals surface area contributed by atoms with Gasteiger partial charge in [0.2, 0.25) is 5.91 Å². The lowest BCUT2D eigenvalue weighted by molar-refractivity contribution is -0.132. The van der Waals surface area contributed by atoms with Gasteiger partial charge in [0.1, 0.15) is 0 Å². The topological polar surface area (TPSA) is 78.3 Å². The maximum absolute atomic E-state index is 12.7. The van der Waals surface area contributed by atoms with E-state index in [0.717, 1.165) is 18.5 Å². The molecule has 1 aliphatic rings. The molecule has 2 heterocycles. The molecule has 148 valence electrons.